The van der Waals surface area contributed by atoms with Gasteiger partial charge in [-0.15, -0.1) is 0 Å². The molecule has 156 valence electrons. The van der Waals surface area contributed by atoms with Gasteiger partial charge < -0.3 is 19.3 Å². The molecule has 2 aliphatic heterocycles. The first-order valence-corrected chi connectivity index (χ1v) is 11.2. The van der Waals surface area contributed by atoms with Crippen LogP contribution in [-0.4, -0.2) is 82.6 Å². The fourth-order valence-corrected chi connectivity index (χ4v) is 4.76. The average molecular weight is 413 g/mol. The van der Waals surface area contributed by atoms with Crippen LogP contribution in [0.5, 0.6) is 11.5 Å². The Bertz CT molecular complexity index is 804. The maximum atomic E-state index is 13.0. The average Bonchev–Trinajstić information content (AvgIpc) is 2.92. The van der Waals surface area contributed by atoms with Gasteiger partial charge in [-0.2, -0.15) is 4.31 Å². The normalized spacial score (nSPS) is 18.7. The second kappa shape index (κ2) is 8.67. The molecule has 1 aromatic carbocycles. The van der Waals surface area contributed by atoms with Gasteiger partial charge in [-0.05, 0) is 26.0 Å². The predicted octanol–water partition coefficient (Wildman–Crippen LogP) is -0.396. The van der Waals surface area contributed by atoms with E-state index >= 15 is 0 Å². The van der Waals surface area contributed by atoms with Crippen molar-refractivity contribution in [1.82, 2.24) is 9.21 Å². The zero-order valence-corrected chi connectivity index (χ0v) is 17.6. The number of piperazine rings is 1. The largest absolute Gasteiger partial charge is 0.490 e. The lowest BCUT2D eigenvalue weighted by molar-refractivity contribution is -0.896. The maximum Gasteiger partial charge on any atom is 0.277 e. The third kappa shape index (κ3) is 4.59. The number of carbonyl (C=O) groups is 1. The van der Waals surface area contributed by atoms with E-state index in [9.17, 15) is 13.2 Å². The zero-order valence-electron chi connectivity index (χ0n) is 16.8. The minimum atomic E-state index is -3.60. The molecule has 0 atom stereocenters. The Morgan fingerprint density at radius 2 is 1.82 bits per heavy atom. The third-order valence-electron chi connectivity index (χ3n) is 5.36. The summed E-state index contributed by atoms with van der Waals surface area (Å²) in [4.78, 5) is 15.3. The molecular weight excluding hydrogens is 382 g/mol. The fraction of sp³-hybridized carbons (Fsp3) is 0.632. The number of likely N-dealkylation sites (N-methyl/N-ethyl adjacent to an activating group) is 1. The van der Waals surface area contributed by atoms with Crippen molar-refractivity contribution in [3.63, 3.8) is 0 Å². The summed E-state index contributed by atoms with van der Waals surface area (Å²) in [5, 5.41) is 0. The lowest BCUT2D eigenvalue weighted by Gasteiger charge is -2.32. The lowest BCUT2D eigenvalue weighted by Crippen LogP contribution is -3.15. The highest BCUT2D eigenvalue weighted by Gasteiger charge is 2.32. The highest BCUT2D eigenvalue weighted by molar-refractivity contribution is 7.89. The van der Waals surface area contributed by atoms with Crippen LogP contribution in [0.4, 0.5) is 0 Å². The van der Waals surface area contributed by atoms with E-state index in [-0.39, 0.29) is 16.8 Å². The van der Waals surface area contributed by atoms with E-state index in [4.69, 9.17) is 9.47 Å². The molecule has 0 saturated carbocycles. The number of nitrogens with one attached hydrogen (secondary N) is 1. The molecule has 0 spiro atoms. The van der Waals surface area contributed by atoms with Gasteiger partial charge in [0.15, 0.2) is 18.0 Å². The Labute approximate surface area is 167 Å². The number of nitrogens with zero attached hydrogens (tertiary/aromatic N) is 2. The number of fused-ring (bicyclic) bond motifs is 1. The summed E-state index contributed by atoms with van der Waals surface area (Å²) in [5.74, 6) is 1.15. The van der Waals surface area contributed by atoms with Crippen LogP contribution in [0.25, 0.3) is 0 Å². The Hall–Kier alpha value is -1.84. The summed E-state index contributed by atoms with van der Waals surface area (Å²) in [6.45, 7) is 7.44. The highest BCUT2D eigenvalue weighted by Crippen LogP contribution is 2.32. The van der Waals surface area contributed by atoms with E-state index < -0.39 is 10.0 Å². The number of rotatable bonds is 5. The first-order chi connectivity index (χ1) is 13.3. The number of benzene rings is 1. The van der Waals surface area contributed by atoms with Crippen LogP contribution < -0.4 is 14.4 Å². The molecule has 1 saturated heterocycles. The van der Waals surface area contributed by atoms with E-state index in [1.165, 1.54) is 4.31 Å². The van der Waals surface area contributed by atoms with E-state index in [2.05, 4.69) is 0 Å². The highest BCUT2D eigenvalue weighted by atomic mass is 32.2. The molecule has 1 amide bonds. The van der Waals surface area contributed by atoms with Crippen molar-refractivity contribution in [1.29, 1.82) is 0 Å². The molecule has 2 heterocycles. The minimum Gasteiger partial charge on any atom is -0.490 e. The van der Waals surface area contributed by atoms with E-state index in [0.29, 0.717) is 57.4 Å². The molecule has 2 aliphatic rings. The molecule has 0 unspecified atom stereocenters. The van der Waals surface area contributed by atoms with Crippen LogP contribution in [0.3, 0.4) is 0 Å². The number of hydrogen-bond donors (Lipinski definition) is 1. The van der Waals surface area contributed by atoms with Crippen molar-refractivity contribution in [2.75, 3.05) is 53.0 Å². The van der Waals surface area contributed by atoms with Crippen LogP contribution in [0.1, 0.15) is 20.3 Å². The third-order valence-corrected chi connectivity index (χ3v) is 7.25. The number of quaternary nitrogens is 1. The predicted molar refractivity (Wildman–Crippen MR) is 104 cm³/mol. The van der Waals surface area contributed by atoms with E-state index in [1.54, 1.807) is 30.1 Å². The van der Waals surface area contributed by atoms with Crippen LogP contribution in [0.2, 0.25) is 0 Å². The van der Waals surface area contributed by atoms with Crippen molar-refractivity contribution in [2.45, 2.75) is 31.2 Å². The number of ether oxygens (including phenoxy) is 2. The van der Waals surface area contributed by atoms with Gasteiger partial charge in [0.1, 0.15) is 0 Å². The smallest absolute Gasteiger partial charge is 0.277 e. The maximum absolute atomic E-state index is 13.0. The van der Waals surface area contributed by atoms with Crippen molar-refractivity contribution < 1.29 is 27.6 Å². The summed E-state index contributed by atoms with van der Waals surface area (Å²) in [6, 6.07) is 4.95. The molecule has 0 aliphatic carbocycles. The quantitative estimate of drug-likeness (QED) is 0.712. The standard InChI is InChI=1S/C19H29N3O5S/c1-15(2)20(3)19(23)14-21-7-9-22(10-8-21)28(24,25)16-5-6-17-18(13-16)27-12-4-11-26-17/h5-6,13,15H,4,7-12,14H2,1-3H3/p+1. The summed E-state index contributed by atoms with van der Waals surface area (Å²) in [5.41, 5.74) is 0. The first-order valence-electron chi connectivity index (χ1n) is 9.78. The van der Waals surface area contributed by atoms with Gasteiger partial charge in [0.25, 0.3) is 5.91 Å². The topological polar surface area (TPSA) is 80.6 Å². The molecule has 0 bridgehead atoms. The van der Waals surface area contributed by atoms with Gasteiger partial charge in [-0.25, -0.2) is 8.42 Å². The van der Waals surface area contributed by atoms with Gasteiger partial charge in [0.05, 0.1) is 44.3 Å². The van der Waals surface area contributed by atoms with Crippen LogP contribution in [0, 0.1) is 0 Å². The summed E-state index contributed by atoms with van der Waals surface area (Å²) < 4.78 is 38.7. The van der Waals surface area contributed by atoms with Crippen LogP contribution >= 0.6 is 0 Å². The van der Waals surface area contributed by atoms with Gasteiger partial charge >= 0.3 is 0 Å². The van der Waals surface area contributed by atoms with Crippen LogP contribution in [-0.2, 0) is 14.8 Å². The van der Waals surface area contributed by atoms with E-state index in [0.717, 1.165) is 11.3 Å². The number of carbonyl (C=O) groups excluding carboxylic acids is 1. The molecule has 9 heteroatoms. The SMILES string of the molecule is CC(C)N(C)C(=O)C[NH+]1CCN(S(=O)(=O)c2ccc3c(c2)OCCCO3)CC1. The molecule has 3 rings (SSSR count). The molecule has 28 heavy (non-hydrogen) atoms. The van der Waals surface area contributed by atoms with Crippen molar-refractivity contribution in [2.24, 2.45) is 0 Å². The first kappa shape index (κ1) is 20.9. The summed E-state index contributed by atoms with van der Waals surface area (Å²) in [6.07, 6.45) is 0.770. The Balaban J connectivity index is 1.63. The second-order valence-corrected chi connectivity index (χ2v) is 9.53. The summed E-state index contributed by atoms with van der Waals surface area (Å²) >= 11 is 0. The monoisotopic (exact) mass is 412 g/mol. The zero-order chi connectivity index (χ0) is 20.3. The fourth-order valence-electron chi connectivity index (χ4n) is 3.30. The minimum absolute atomic E-state index is 0.0872. The van der Waals surface area contributed by atoms with Gasteiger partial charge in [0, 0.05) is 25.6 Å². The van der Waals surface area contributed by atoms with Crippen LogP contribution in [0.15, 0.2) is 23.1 Å². The molecular formula is C19H30N3O5S+. The Morgan fingerprint density at radius 1 is 1.18 bits per heavy atom. The van der Waals surface area contributed by atoms with Crippen molar-refractivity contribution >= 4 is 15.9 Å². The number of sulfonamides is 1. The van der Waals surface area contributed by atoms with Crippen molar-refractivity contribution in [3.8, 4) is 11.5 Å². The molecule has 0 radical (unpaired) electrons. The number of amides is 1. The Morgan fingerprint density at radius 3 is 2.46 bits per heavy atom. The second-order valence-electron chi connectivity index (χ2n) is 7.59. The van der Waals surface area contributed by atoms with Gasteiger partial charge in [0.2, 0.25) is 10.0 Å². The summed E-state index contributed by atoms with van der Waals surface area (Å²) in [7, 11) is -1.80. The number of hydrogen-bond acceptors (Lipinski definition) is 5. The Kier molecular flexibility index (Phi) is 6.47. The molecule has 8 nitrogen and oxygen atoms in total. The van der Waals surface area contributed by atoms with Gasteiger partial charge in [-0.3, -0.25) is 4.79 Å². The molecule has 1 fully saturated rings. The van der Waals surface area contributed by atoms with Crippen molar-refractivity contribution in [3.05, 3.63) is 18.2 Å². The molecule has 0 aromatic heterocycles. The molecule has 1 aromatic rings. The molecule has 1 N–H and O–H groups in total. The van der Waals surface area contributed by atoms with Gasteiger partial charge in [-0.1, -0.05) is 0 Å². The van der Waals surface area contributed by atoms with E-state index in [1.807, 2.05) is 13.8 Å². The lowest BCUT2D eigenvalue weighted by atomic mass is 10.3.